The Morgan fingerprint density at radius 2 is 1.92 bits per heavy atom. The van der Waals surface area contributed by atoms with Crippen molar-refractivity contribution in [3.05, 3.63) is 63.9 Å². The maximum atomic E-state index is 12.8. The lowest BCUT2D eigenvalue weighted by atomic mass is 9.95. The first-order valence-electron chi connectivity index (χ1n) is 11.7. The van der Waals surface area contributed by atoms with Gasteiger partial charge in [0.2, 0.25) is 11.8 Å². The van der Waals surface area contributed by atoms with Crippen molar-refractivity contribution in [2.24, 2.45) is 5.92 Å². The first kappa shape index (κ1) is 27.0. The number of para-hydroxylation sites is 2. The number of hydrogen-bond acceptors (Lipinski definition) is 5. The van der Waals surface area contributed by atoms with Crippen LogP contribution in [0.3, 0.4) is 0 Å². The number of piperidine rings is 1. The number of halogens is 2. The van der Waals surface area contributed by atoms with Crippen LogP contribution in [-0.4, -0.2) is 63.1 Å². The lowest BCUT2D eigenvalue weighted by Gasteiger charge is -2.31. The molecule has 37 heavy (non-hydrogen) atoms. The molecule has 2 amide bonds. The molecule has 1 aromatic heterocycles. The molecule has 0 saturated carbocycles. The Kier molecular flexibility index (Phi) is 8.79. The smallest absolute Gasteiger partial charge is 0.326 e. The number of carbonyl (C=O) groups is 3. The van der Waals surface area contributed by atoms with Gasteiger partial charge in [-0.1, -0.05) is 41.4 Å². The van der Waals surface area contributed by atoms with Gasteiger partial charge in [0.15, 0.2) is 0 Å². The van der Waals surface area contributed by atoms with Crippen molar-refractivity contribution < 1.29 is 19.5 Å². The van der Waals surface area contributed by atoms with Gasteiger partial charge >= 0.3 is 5.97 Å². The third kappa shape index (κ3) is 6.47. The highest BCUT2D eigenvalue weighted by molar-refractivity contribution is 7.98. The van der Waals surface area contributed by atoms with Gasteiger partial charge in [-0.15, -0.1) is 11.8 Å². The normalized spacial score (nSPS) is 15.3. The summed E-state index contributed by atoms with van der Waals surface area (Å²) in [6.07, 6.45) is 5.92. The number of nitrogens with one attached hydrogen (secondary N) is 2. The van der Waals surface area contributed by atoms with Crippen LogP contribution < -0.4 is 5.32 Å². The second-order valence-electron chi connectivity index (χ2n) is 8.72. The molecule has 0 radical (unpaired) electrons. The zero-order valence-corrected chi connectivity index (χ0v) is 22.4. The van der Waals surface area contributed by atoms with E-state index in [4.69, 9.17) is 23.2 Å². The average Bonchev–Trinajstić information content (AvgIpc) is 3.31. The molecule has 0 spiro atoms. The number of fused-ring (bicyclic) bond motifs is 1. The van der Waals surface area contributed by atoms with Crippen LogP contribution in [0.1, 0.15) is 24.2 Å². The van der Waals surface area contributed by atoms with Gasteiger partial charge in [0.25, 0.3) is 0 Å². The third-order valence-corrected chi connectivity index (χ3v) is 8.12. The van der Waals surface area contributed by atoms with E-state index in [1.807, 2.05) is 42.7 Å². The summed E-state index contributed by atoms with van der Waals surface area (Å²) < 4.78 is 0. The monoisotopic (exact) mass is 560 g/mol. The van der Waals surface area contributed by atoms with Crippen molar-refractivity contribution >= 4 is 69.9 Å². The molecule has 11 heteroatoms. The molecule has 8 nitrogen and oxygen atoms in total. The number of rotatable bonds is 8. The van der Waals surface area contributed by atoms with Crippen molar-refractivity contribution in [2.75, 3.05) is 19.3 Å². The van der Waals surface area contributed by atoms with Gasteiger partial charge in [-0.25, -0.2) is 9.78 Å². The molecule has 2 heterocycles. The number of likely N-dealkylation sites (tertiary alicyclic amines) is 1. The first-order valence-corrected chi connectivity index (χ1v) is 13.7. The molecular weight excluding hydrogens is 535 g/mol. The van der Waals surface area contributed by atoms with Crippen molar-refractivity contribution in [2.45, 2.75) is 30.2 Å². The van der Waals surface area contributed by atoms with E-state index in [1.165, 1.54) is 17.8 Å². The zero-order chi connectivity index (χ0) is 26.5. The number of imidazole rings is 1. The summed E-state index contributed by atoms with van der Waals surface area (Å²) >= 11 is 14.1. The highest BCUT2D eigenvalue weighted by Crippen LogP contribution is 2.35. The number of H-pyrrole nitrogens is 1. The Morgan fingerprint density at radius 1 is 1.19 bits per heavy atom. The van der Waals surface area contributed by atoms with Gasteiger partial charge < -0.3 is 20.3 Å². The molecule has 3 N–H and O–H groups in total. The number of aromatic amines is 1. The lowest BCUT2D eigenvalue weighted by Crippen LogP contribution is -2.48. The summed E-state index contributed by atoms with van der Waals surface area (Å²) in [6.45, 7) is 0.783. The number of amides is 2. The SMILES string of the molecule is CSc1ccc(/C=C/C(=O)N2CCC(C(=O)N[C@@H](Cc3nc4ccccc4[nH]3)C(=O)O)CC2)c(Cl)c1Cl. The number of aliphatic carboxylic acids is 1. The number of thioether (sulfide) groups is 1. The molecule has 1 atom stereocenters. The second kappa shape index (κ2) is 12.0. The van der Waals surface area contributed by atoms with Crippen molar-refractivity contribution in [1.82, 2.24) is 20.2 Å². The zero-order valence-electron chi connectivity index (χ0n) is 20.0. The number of benzene rings is 2. The van der Waals surface area contributed by atoms with E-state index < -0.39 is 12.0 Å². The molecule has 1 aliphatic heterocycles. The van der Waals surface area contributed by atoms with Crippen LogP contribution in [0.2, 0.25) is 10.0 Å². The molecule has 2 aromatic carbocycles. The molecular formula is C26H26Cl2N4O4S. The molecule has 194 valence electrons. The Bertz CT molecular complexity index is 1320. The predicted octanol–water partition coefficient (Wildman–Crippen LogP) is 4.66. The predicted molar refractivity (Wildman–Crippen MR) is 146 cm³/mol. The fourth-order valence-corrected chi connectivity index (χ4v) is 5.42. The standard InChI is InChI=1S/C26H26Cl2N4O4S/c1-37-20-8-6-15(23(27)24(20)28)7-9-22(33)32-12-10-16(11-13-32)25(34)31-19(26(35)36)14-21-29-17-4-2-3-5-18(17)30-21/h2-9,16,19H,10-14H2,1H3,(H,29,30)(H,31,34)(H,35,36)/b9-7+/t19-/m0/s1. The number of carboxylic acids is 1. The molecule has 3 aromatic rings. The highest BCUT2D eigenvalue weighted by Gasteiger charge is 2.30. The number of nitrogens with zero attached hydrogens (tertiary/aromatic N) is 2. The Labute approximate surface area is 228 Å². The van der Waals surface area contributed by atoms with Gasteiger partial charge in [-0.05, 0) is 48.9 Å². The fourth-order valence-electron chi connectivity index (χ4n) is 4.25. The molecule has 0 bridgehead atoms. The van der Waals surface area contributed by atoms with E-state index in [1.54, 1.807) is 11.0 Å². The quantitative estimate of drug-likeness (QED) is 0.272. The van der Waals surface area contributed by atoms with E-state index in [-0.39, 0.29) is 24.2 Å². The van der Waals surface area contributed by atoms with Gasteiger partial charge in [0.1, 0.15) is 11.9 Å². The van der Waals surface area contributed by atoms with Gasteiger partial charge in [-0.2, -0.15) is 0 Å². The van der Waals surface area contributed by atoms with E-state index in [9.17, 15) is 19.5 Å². The molecule has 0 aliphatic carbocycles. The van der Waals surface area contributed by atoms with Gasteiger partial charge in [0, 0.05) is 36.4 Å². The van der Waals surface area contributed by atoms with E-state index in [0.717, 1.165) is 15.9 Å². The van der Waals surface area contributed by atoms with Crippen LogP contribution in [0.15, 0.2) is 47.4 Å². The number of carboxylic acid groups (broad SMARTS) is 1. The van der Waals surface area contributed by atoms with Crippen LogP contribution in [0.4, 0.5) is 0 Å². The minimum absolute atomic E-state index is 0.0440. The Morgan fingerprint density at radius 3 is 2.59 bits per heavy atom. The number of aromatic nitrogens is 2. The maximum absolute atomic E-state index is 12.8. The van der Waals surface area contributed by atoms with Gasteiger partial charge in [0.05, 0.1) is 21.1 Å². The number of carbonyl (C=O) groups excluding carboxylic acids is 2. The number of hydrogen-bond donors (Lipinski definition) is 3. The first-order chi connectivity index (χ1) is 17.8. The topological polar surface area (TPSA) is 115 Å². The van der Waals surface area contributed by atoms with Crippen LogP contribution in [-0.2, 0) is 20.8 Å². The average molecular weight is 561 g/mol. The summed E-state index contributed by atoms with van der Waals surface area (Å²) in [7, 11) is 0. The molecule has 1 saturated heterocycles. The molecule has 4 rings (SSSR count). The molecule has 1 fully saturated rings. The third-order valence-electron chi connectivity index (χ3n) is 6.33. The molecule has 1 aliphatic rings. The molecule has 0 unspecified atom stereocenters. The van der Waals surface area contributed by atoms with Crippen molar-refractivity contribution in [3.8, 4) is 0 Å². The lowest BCUT2D eigenvalue weighted by molar-refractivity contribution is -0.142. The minimum Gasteiger partial charge on any atom is -0.480 e. The van der Waals surface area contributed by atoms with E-state index >= 15 is 0 Å². The highest BCUT2D eigenvalue weighted by atomic mass is 35.5. The van der Waals surface area contributed by atoms with Crippen molar-refractivity contribution in [3.63, 3.8) is 0 Å². The van der Waals surface area contributed by atoms with Crippen molar-refractivity contribution in [1.29, 1.82) is 0 Å². The van der Waals surface area contributed by atoms with Crippen LogP contribution in [0.25, 0.3) is 17.1 Å². The second-order valence-corrected chi connectivity index (χ2v) is 10.3. The summed E-state index contributed by atoms with van der Waals surface area (Å²) in [5.41, 5.74) is 2.19. The summed E-state index contributed by atoms with van der Waals surface area (Å²) in [4.78, 5) is 47.3. The van der Waals surface area contributed by atoms with Crippen LogP contribution >= 0.6 is 35.0 Å². The summed E-state index contributed by atoms with van der Waals surface area (Å²) in [5, 5.41) is 13.1. The maximum Gasteiger partial charge on any atom is 0.326 e. The van der Waals surface area contributed by atoms with E-state index in [2.05, 4.69) is 15.3 Å². The van der Waals surface area contributed by atoms with Gasteiger partial charge in [-0.3, -0.25) is 9.59 Å². The Balaban J connectivity index is 1.31. The van der Waals surface area contributed by atoms with E-state index in [0.29, 0.717) is 47.4 Å². The Hall–Kier alpha value is -3.01. The summed E-state index contributed by atoms with van der Waals surface area (Å²) in [5.74, 6) is -1.53. The minimum atomic E-state index is -1.13. The summed E-state index contributed by atoms with van der Waals surface area (Å²) in [6, 6.07) is 9.96. The fraction of sp³-hybridized carbons (Fsp3) is 0.308. The largest absolute Gasteiger partial charge is 0.480 e. The van der Waals surface area contributed by atoms with Crippen LogP contribution in [0.5, 0.6) is 0 Å². The van der Waals surface area contributed by atoms with Crippen LogP contribution in [0, 0.1) is 5.92 Å².